The lowest BCUT2D eigenvalue weighted by molar-refractivity contribution is 0.584. The first-order valence-corrected chi connectivity index (χ1v) is 9.11. The van der Waals surface area contributed by atoms with Gasteiger partial charge in [0.15, 0.2) is 0 Å². The van der Waals surface area contributed by atoms with E-state index in [1.165, 1.54) is 15.8 Å². The molecule has 0 saturated heterocycles. The van der Waals surface area contributed by atoms with Crippen molar-refractivity contribution in [1.29, 1.82) is 0 Å². The lowest BCUT2D eigenvalue weighted by Gasteiger charge is -2.21. The van der Waals surface area contributed by atoms with E-state index in [0.717, 1.165) is 16.9 Å². The maximum atomic E-state index is 4.81. The van der Waals surface area contributed by atoms with Crippen molar-refractivity contribution in [2.75, 3.05) is 0 Å². The second-order valence-corrected chi connectivity index (χ2v) is 8.16. The van der Waals surface area contributed by atoms with Gasteiger partial charge in [-0.3, -0.25) is 0 Å². The van der Waals surface area contributed by atoms with Crippen molar-refractivity contribution in [1.82, 2.24) is 10.3 Å². The van der Waals surface area contributed by atoms with Gasteiger partial charge in [-0.15, -0.1) is 11.3 Å². The molecular formula is C21H24N2S. The molecule has 2 nitrogen and oxygen atoms in total. The van der Waals surface area contributed by atoms with E-state index >= 15 is 0 Å². The smallest absolute Gasteiger partial charge is 0.116 e. The van der Waals surface area contributed by atoms with Crippen LogP contribution in [0.15, 0.2) is 61.3 Å². The van der Waals surface area contributed by atoms with Crippen LogP contribution in [0, 0.1) is 0 Å². The van der Waals surface area contributed by atoms with Crippen LogP contribution in [0.3, 0.4) is 0 Å². The fourth-order valence-electron chi connectivity index (χ4n) is 2.80. The number of nitrogens with one attached hydrogen (secondary N) is 1. The van der Waals surface area contributed by atoms with Crippen molar-refractivity contribution < 1.29 is 0 Å². The molecule has 0 bridgehead atoms. The Morgan fingerprint density at radius 1 is 1.17 bits per heavy atom. The molecule has 0 fully saturated rings. The summed E-state index contributed by atoms with van der Waals surface area (Å²) in [5, 5.41) is 4.49. The van der Waals surface area contributed by atoms with Crippen LogP contribution in [0.5, 0.6) is 0 Å². The Hall–Kier alpha value is -2.13. The summed E-state index contributed by atoms with van der Waals surface area (Å²) in [6, 6.07) is 17.3. The fraction of sp³-hybridized carbons (Fsp3) is 0.286. The third-order valence-corrected chi connectivity index (χ3v) is 5.31. The summed E-state index contributed by atoms with van der Waals surface area (Å²) in [4.78, 5) is 4.81. The number of para-hydroxylation sites is 1. The predicted octanol–water partition coefficient (Wildman–Crippen LogP) is 5.61. The van der Waals surface area contributed by atoms with E-state index in [4.69, 9.17) is 4.98 Å². The molecule has 0 amide bonds. The van der Waals surface area contributed by atoms with Gasteiger partial charge in [-0.1, -0.05) is 63.7 Å². The Labute approximate surface area is 148 Å². The molecule has 2 aromatic carbocycles. The van der Waals surface area contributed by atoms with Gasteiger partial charge in [-0.2, -0.15) is 0 Å². The molecule has 0 aliphatic heterocycles. The monoisotopic (exact) mass is 336 g/mol. The van der Waals surface area contributed by atoms with E-state index in [1.54, 1.807) is 17.5 Å². The highest BCUT2D eigenvalue weighted by Gasteiger charge is 2.18. The third kappa shape index (κ3) is 3.68. The van der Waals surface area contributed by atoms with Gasteiger partial charge in [0, 0.05) is 0 Å². The first-order valence-electron chi connectivity index (χ1n) is 8.29. The fourth-order valence-corrected chi connectivity index (χ4v) is 3.83. The number of nitrogens with zero attached hydrogens (tertiary/aromatic N) is 1. The van der Waals surface area contributed by atoms with Crippen molar-refractivity contribution in [2.24, 2.45) is 0 Å². The Morgan fingerprint density at radius 2 is 1.96 bits per heavy atom. The molecule has 1 heterocycles. The molecular weight excluding hydrogens is 312 g/mol. The normalized spacial score (nSPS) is 13.0. The quantitative estimate of drug-likeness (QED) is 0.655. The molecule has 3 aromatic rings. The van der Waals surface area contributed by atoms with Crippen molar-refractivity contribution in [3.63, 3.8) is 0 Å². The van der Waals surface area contributed by atoms with E-state index in [0.29, 0.717) is 0 Å². The van der Waals surface area contributed by atoms with Crippen LogP contribution in [0.1, 0.15) is 42.9 Å². The Morgan fingerprint density at radius 3 is 2.67 bits per heavy atom. The van der Waals surface area contributed by atoms with Crippen molar-refractivity contribution in [3.8, 4) is 0 Å². The van der Waals surface area contributed by atoms with Crippen LogP contribution in [-0.2, 0) is 11.8 Å². The first kappa shape index (κ1) is 16.7. The summed E-state index contributed by atoms with van der Waals surface area (Å²) in [7, 11) is 0. The number of hydrogen-bond donors (Lipinski definition) is 1. The number of fused-ring (bicyclic) bond motifs is 1. The number of thiazole rings is 1. The molecule has 124 valence electrons. The van der Waals surface area contributed by atoms with E-state index in [2.05, 4.69) is 75.1 Å². The molecule has 0 saturated carbocycles. The van der Waals surface area contributed by atoms with Crippen molar-refractivity contribution in [3.05, 3.63) is 77.4 Å². The van der Waals surface area contributed by atoms with Gasteiger partial charge >= 0.3 is 0 Å². The zero-order valence-corrected chi connectivity index (χ0v) is 15.4. The lowest BCUT2D eigenvalue weighted by Crippen LogP contribution is -2.18. The third-order valence-electron chi connectivity index (χ3n) is 4.16. The van der Waals surface area contributed by atoms with E-state index in [9.17, 15) is 0 Å². The number of aromatic nitrogens is 1. The number of hydrogen-bond acceptors (Lipinski definition) is 3. The highest BCUT2D eigenvalue weighted by molar-refractivity contribution is 7.18. The van der Waals surface area contributed by atoms with Crippen LogP contribution in [0.25, 0.3) is 10.2 Å². The van der Waals surface area contributed by atoms with Crippen LogP contribution >= 0.6 is 11.3 Å². The van der Waals surface area contributed by atoms with Gasteiger partial charge in [0.1, 0.15) is 5.01 Å². The molecule has 1 unspecified atom stereocenters. The summed E-state index contributed by atoms with van der Waals surface area (Å²) >= 11 is 1.75. The molecule has 24 heavy (non-hydrogen) atoms. The predicted molar refractivity (Wildman–Crippen MR) is 105 cm³/mol. The summed E-state index contributed by atoms with van der Waals surface area (Å²) in [5.41, 5.74) is 3.91. The molecule has 1 atom stereocenters. The largest absolute Gasteiger partial charge is 0.382 e. The molecule has 0 aliphatic carbocycles. The highest BCUT2D eigenvalue weighted by atomic mass is 32.1. The summed E-state index contributed by atoms with van der Waals surface area (Å²) in [6.45, 7) is 10.6. The summed E-state index contributed by atoms with van der Waals surface area (Å²) < 4.78 is 1.23. The molecule has 3 heteroatoms. The Kier molecular flexibility index (Phi) is 4.72. The SMILES string of the molecule is C=CNC(Cc1cccc(C(C)(C)C)c1)c1nc2ccccc2s1. The second-order valence-electron chi connectivity index (χ2n) is 7.10. The van der Waals surface area contributed by atoms with Gasteiger partial charge in [0.25, 0.3) is 0 Å². The average Bonchev–Trinajstić information content (AvgIpc) is 2.98. The van der Waals surface area contributed by atoms with Gasteiger partial charge in [0.2, 0.25) is 0 Å². The maximum Gasteiger partial charge on any atom is 0.116 e. The second kappa shape index (κ2) is 6.78. The molecule has 1 N–H and O–H groups in total. The minimum absolute atomic E-state index is 0.148. The van der Waals surface area contributed by atoms with Gasteiger partial charge in [0.05, 0.1) is 16.3 Å². The minimum Gasteiger partial charge on any atom is -0.382 e. The minimum atomic E-state index is 0.148. The Balaban J connectivity index is 1.90. The van der Waals surface area contributed by atoms with Crippen LogP contribution < -0.4 is 5.32 Å². The van der Waals surface area contributed by atoms with Gasteiger partial charge in [-0.25, -0.2) is 4.98 Å². The highest BCUT2D eigenvalue weighted by Crippen LogP contribution is 2.29. The van der Waals surface area contributed by atoms with Crippen LogP contribution in [-0.4, -0.2) is 4.98 Å². The zero-order chi connectivity index (χ0) is 17.2. The van der Waals surface area contributed by atoms with Gasteiger partial charge in [-0.05, 0) is 41.3 Å². The standard InChI is InChI=1S/C21H24N2S/c1-5-22-18(20-23-17-11-6-7-12-19(17)24-20)14-15-9-8-10-16(13-15)21(2,3)4/h5-13,18,22H,1,14H2,2-4H3. The molecule has 0 spiro atoms. The van der Waals surface area contributed by atoms with Crippen molar-refractivity contribution in [2.45, 2.75) is 38.6 Å². The van der Waals surface area contributed by atoms with Gasteiger partial charge < -0.3 is 5.32 Å². The molecule has 3 rings (SSSR count). The molecule has 1 aromatic heterocycles. The molecule has 0 radical (unpaired) electrons. The van der Waals surface area contributed by atoms with E-state index < -0.39 is 0 Å². The number of benzene rings is 2. The first-order chi connectivity index (χ1) is 11.5. The number of rotatable bonds is 5. The lowest BCUT2D eigenvalue weighted by atomic mass is 9.85. The maximum absolute atomic E-state index is 4.81. The van der Waals surface area contributed by atoms with E-state index in [-0.39, 0.29) is 11.5 Å². The van der Waals surface area contributed by atoms with Crippen LogP contribution in [0.4, 0.5) is 0 Å². The molecule has 0 aliphatic rings. The zero-order valence-electron chi connectivity index (χ0n) is 14.5. The van der Waals surface area contributed by atoms with E-state index in [1.807, 2.05) is 6.07 Å². The summed E-state index contributed by atoms with van der Waals surface area (Å²) in [5.74, 6) is 0. The van der Waals surface area contributed by atoms with Crippen molar-refractivity contribution >= 4 is 21.6 Å². The average molecular weight is 337 g/mol. The van der Waals surface area contributed by atoms with Crippen LogP contribution in [0.2, 0.25) is 0 Å². The Bertz CT molecular complexity index is 809. The summed E-state index contributed by atoms with van der Waals surface area (Å²) in [6.07, 6.45) is 2.67. The topological polar surface area (TPSA) is 24.9 Å².